The van der Waals surface area contributed by atoms with E-state index in [2.05, 4.69) is 27.5 Å². The maximum Gasteiger partial charge on any atom is 0.294 e. The van der Waals surface area contributed by atoms with E-state index >= 15 is 0 Å². The molecular formula is C31H28Cl2IN3O5S. The number of carbonyl (C=O) groups is 3. The minimum absolute atomic E-state index is 0.208. The van der Waals surface area contributed by atoms with Gasteiger partial charge in [0.2, 0.25) is 5.91 Å². The number of carbonyl (C=O) groups excluding carboxylic acids is 3. The fraction of sp³-hybridized carbons (Fsp3) is 0.258. The predicted molar refractivity (Wildman–Crippen MR) is 179 cm³/mol. The highest BCUT2D eigenvalue weighted by molar-refractivity contribution is 14.1. The summed E-state index contributed by atoms with van der Waals surface area (Å²) in [6.07, 6.45) is 1.64. The molecule has 2 aliphatic heterocycles. The van der Waals surface area contributed by atoms with Crippen LogP contribution in [0, 0.1) is 3.57 Å². The Balaban J connectivity index is 1.25. The van der Waals surface area contributed by atoms with Crippen molar-refractivity contribution in [2.75, 3.05) is 44.2 Å². The number of nitrogens with zero attached hydrogens (tertiary/aromatic N) is 3. The first kappa shape index (κ1) is 31.5. The normalized spacial score (nSPS) is 16.3. The Morgan fingerprint density at radius 1 is 1.00 bits per heavy atom. The molecule has 0 radical (unpaired) electrons. The van der Waals surface area contributed by atoms with Crippen molar-refractivity contribution in [3.8, 4) is 11.5 Å². The summed E-state index contributed by atoms with van der Waals surface area (Å²) in [6, 6.07) is 18.8. The molecule has 0 aliphatic carbocycles. The number of imide groups is 1. The maximum atomic E-state index is 13.2. The number of amides is 3. The average Bonchev–Trinajstić information content (AvgIpc) is 3.25. The summed E-state index contributed by atoms with van der Waals surface area (Å²) in [5.74, 6) is 0.301. The predicted octanol–water partition coefficient (Wildman–Crippen LogP) is 6.96. The van der Waals surface area contributed by atoms with E-state index in [0.717, 1.165) is 31.5 Å². The molecule has 0 atom stereocenters. The fourth-order valence-electron chi connectivity index (χ4n) is 4.74. The Morgan fingerprint density at radius 2 is 1.74 bits per heavy atom. The first-order valence-electron chi connectivity index (χ1n) is 13.6. The molecule has 3 amide bonds. The molecule has 3 aromatic rings. The SMILES string of the molecule is CCOc1cc(/C=C2/SC(=O)N(CC(=O)N3CCN(c4ccccc4)CC3)C2=O)cc(I)c1OCc1ccc(Cl)cc1Cl. The minimum atomic E-state index is -0.489. The summed E-state index contributed by atoms with van der Waals surface area (Å²) in [5.41, 5.74) is 2.55. The number of rotatable bonds is 9. The van der Waals surface area contributed by atoms with Crippen LogP contribution in [0.15, 0.2) is 65.6 Å². The van der Waals surface area contributed by atoms with E-state index in [1.807, 2.05) is 43.3 Å². The van der Waals surface area contributed by atoms with Crippen molar-refractivity contribution in [1.82, 2.24) is 9.80 Å². The quantitative estimate of drug-likeness (QED) is 0.173. The lowest BCUT2D eigenvalue weighted by Gasteiger charge is -2.36. The van der Waals surface area contributed by atoms with Crippen LogP contribution in [0.4, 0.5) is 10.5 Å². The van der Waals surface area contributed by atoms with Crippen LogP contribution in [0.5, 0.6) is 11.5 Å². The Hall–Kier alpha value is -2.93. The number of anilines is 1. The van der Waals surface area contributed by atoms with Crippen molar-refractivity contribution in [2.45, 2.75) is 13.5 Å². The van der Waals surface area contributed by atoms with Crippen LogP contribution in [0.25, 0.3) is 6.08 Å². The Labute approximate surface area is 278 Å². The summed E-state index contributed by atoms with van der Waals surface area (Å²) in [6.45, 7) is 4.61. The number of para-hydroxylation sites is 1. The van der Waals surface area contributed by atoms with E-state index in [9.17, 15) is 14.4 Å². The van der Waals surface area contributed by atoms with Gasteiger partial charge in [0, 0.05) is 47.5 Å². The lowest BCUT2D eigenvalue weighted by Crippen LogP contribution is -2.51. The molecule has 2 saturated heterocycles. The third kappa shape index (κ3) is 7.60. The van der Waals surface area contributed by atoms with Gasteiger partial charge in [-0.25, -0.2) is 0 Å². The number of piperazine rings is 1. The number of benzene rings is 3. The van der Waals surface area contributed by atoms with Crippen LogP contribution in [0.2, 0.25) is 10.0 Å². The van der Waals surface area contributed by atoms with Gasteiger partial charge in [0.25, 0.3) is 11.1 Å². The van der Waals surface area contributed by atoms with Crippen molar-refractivity contribution in [3.05, 3.63) is 90.3 Å². The lowest BCUT2D eigenvalue weighted by atomic mass is 10.1. The van der Waals surface area contributed by atoms with E-state index in [4.69, 9.17) is 32.7 Å². The van der Waals surface area contributed by atoms with E-state index in [1.165, 1.54) is 0 Å². The summed E-state index contributed by atoms with van der Waals surface area (Å²) in [5, 5.41) is 0.575. The highest BCUT2D eigenvalue weighted by atomic mass is 127. The second-order valence-electron chi connectivity index (χ2n) is 9.76. The molecule has 43 heavy (non-hydrogen) atoms. The topological polar surface area (TPSA) is 79.4 Å². The first-order chi connectivity index (χ1) is 20.7. The molecule has 0 unspecified atom stereocenters. The van der Waals surface area contributed by atoms with Gasteiger partial charge < -0.3 is 19.3 Å². The van der Waals surface area contributed by atoms with E-state index in [1.54, 1.807) is 35.2 Å². The second kappa shape index (κ2) is 14.2. The molecule has 0 saturated carbocycles. The molecule has 2 heterocycles. The highest BCUT2D eigenvalue weighted by Gasteiger charge is 2.37. The molecule has 224 valence electrons. The number of thioether (sulfide) groups is 1. The maximum absolute atomic E-state index is 13.2. The molecule has 12 heteroatoms. The number of hydrogen-bond acceptors (Lipinski definition) is 7. The standard InChI is InChI=1S/C31H28Cl2IN3O5S/c1-2-41-26-15-20(14-25(34)29(26)42-19-21-8-9-22(32)17-24(21)33)16-27-30(39)37(31(40)43-27)18-28(38)36-12-10-35(11-13-36)23-6-4-3-5-7-23/h3-9,14-17H,2,10-13,18-19H2,1H3/b27-16+. The van der Waals surface area contributed by atoms with Gasteiger partial charge in [0.1, 0.15) is 13.2 Å². The molecule has 5 rings (SSSR count). The molecule has 2 fully saturated rings. The molecule has 0 bridgehead atoms. The number of ether oxygens (including phenoxy) is 2. The molecule has 3 aromatic carbocycles. The third-order valence-corrected chi connectivity index (χ3v) is 9.23. The minimum Gasteiger partial charge on any atom is -0.490 e. The van der Waals surface area contributed by atoms with E-state index in [0.29, 0.717) is 59.9 Å². The van der Waals surface area contributed by atoms with Crippen molar-refractivity contribution >= 4 is 86.4 Å². The fourth-order valence-corrected chi connectivity index (χ4v) is 6.82. The van der Waals surface area contributed by atoms with Crippen molar-refractivity contribution < 1.29 is 23.9 Å². The van der Waals surface area contributed by atoms with Crippen LogP contribution in [0.1, 0.15) is 18.1 Å². The summed E-state index contributed by atoms with van der Waals surface area (Å²) in [4.78, 5) is 44.2. The van der Waals surface area contributed by atoms with Gasteiger partial charge in [-0.15, -0.1) is 0 Å². The van der Waals surface area contributed by atoms with Crippen molar-refractivity contribution in [1.29, 1.82) is 0 Å². The van der Waals surface area contributed by atoms with Gasteiger partial charge in [-0.1, -0.05) is 47.5 Å². The van der Waals surface area contributed by atoms with Crippen LogP contribution in [-0.4, -0.2) is 66.2 Å². The van der Waals surface area contributed by atoms with Crippen molar-refractivity contribution in [2.24, 2.45) is 0 Å². The molecule has 0 N–H and O–H groups in total. The molecule has 0 spiro atoms. The zero-order valence-corrected chi connectivity index (χ0v) is 27.7. The zero-order chi connectivity index (χ0) is 30.5. The second-order valence-corrected chi connectivity index (χ2v) is 12.8. The van der Waals surface area contributed by atoms with Gasteiger partial charge >= 0.3 is 0 Å². The van der Waals surface area contributed by atoms with Crippen LogP contribution in [0.3, 0.4) is 0 Å². The number of halogens is 3. The third-order valence-electron chi connectivity index (χ3n) is 6.94. The van der Waals surface area contributed by atoms with E-state index < -0.39 is 11.1 Å². The number of hydrogen-bond donors (Lipinski definition) is 0. The molecule has 2 aliphatic rings. The first-order valence-corrected chi connectivity index (χ1v) is 16.2. The molecule has 8 nitrogen and oxygen atoms in total. The van der Waals surface area contributed by atoms with Gasteiger partial charge in [-0.05, 0) is 89.3 Å². The summed E-state index contributed by atoms with van der Waals surface area (Å²) < 4.78 is 12.7. The van der Waals surface area contributed by atoms with Crippen molar-refractivity contribution in [3.63, 3.8) is 0 Å². The van der Waals surface area contributed by atoms with Crippen LogP contribution in [-0.2, 0) is 16.2 Å². The molecular weight excluding hydrogens is 724 g/mol. The average molecular weight is 752 g/mol. The van der Waals surface area contributed by atoms with Gasteiger partial charge in [-0.3, -0.25) is 19.3 Å². The zero-order valence-electron chi connectivity index (χ0n) is 23.2. The largest absolute Gasteiger partial charge is 0.490 e. The monoisotopic (exact) mass is 751 g/mol. The van der Waals surface area contributed by atoms with Gasteiger partial charge in [-0.2, -0.15) is 0 Å². The van der Waals surface area contributed by atoms with E-state index in [-0.39, 0.29) is 24.0 Å². The van der Waals surface area contributed by atoms with Gasteiger partial charge in [0.05, 0.1) is 15.1 Å². The molecule has 0 aromatic heterocycles. The Kier molecular flexibility index (Phi) is 10.4. The van der Waals surface area contributed by atoms with Crippen LogP contribution >= 0.6 is 57.6 Å². The van der Waals surface area contributed by atoms with Gasteiger partial charge in [0.15, 0.2) is 11.5 Å². The Bertz CT molecular complexity index is 1560. The Morgan fingerprint density at radius 3 is 2.44 bits per heavy atom. The summed E-state index contributed by atoms with van der Waals surface area (Å²) >= 11 is 15.3. The lowest BCUT2D eigenvalue weighted by molar-refractivity contribution is -0.136. The smallest absolute Gasteiger partial charge is 0.294 e. The highest BCUT2D eigenvalue weighted by Crippen LogP contribution is 2.38. The summed E-state index contributed by atoms with van der Waals surface area (Å²) in [7, 11) is 0. The van der Waals surface area contributed by atoms with Crippen LogP contribution < -0.4 is 14.4 Å².